The van der Waals surface area contributed by atoms with Crippen molar-refractivity contribution in [2.24, 2.45) is 5.92 Å². The van der Waals surface area contributed by atoms with Crippen LogP contribution < -0.4 is 5.32 Å². The van der Waals surface area contributed by atoms with Gasteiger partial charge in [0.25, 0.3) is 0 Å². The molecular formula is C17H22N4O. The molecular weight excluding hydrogens is 276 g/mol. The Hall–Kier alpha value is -2.01. The lowest BCUT2D eigenvalue weighted by molar-refractivity contribution is 0.178. The van der Waals surface area contributed by atoms with Crippen LogP contribution >= 0.6 is 0 Å². The summed E-state index contributed by atoms with van der Waals surface area (Å²) in [6, 6.07) is 6.08. The fourth-order valence-corrected chi connectivity index (χ4v) is 3.08. The third-order valence-corrected chi connectivity index (χ3v) is 4.27. The van der Waals surface area contributed by atoms with Gasteiger partial charge >= 0.3 is 0 Å². The number of aliphatic hydroxyl groups is 1. The fourth-order valence-electron chi connectivity index (χ4n) is 3.08. The van der Waals surface area contributed by atoms with Gasteiger partial charge in [0, 0.05) is 48.3 Å². The van der Waals surface area contributed by atoms with E-state index in [1.54, 1.807) is 12.4 Å². The maximum Gasteiger partial charge on any atom is 0.161 e. The Morgan fingerprint density at radius 1 is 1.18 bits per heavy atom. The maximum atomic E-state index is 9.55. The van der Waals surface area contributed by atoms with E-state index in [4.69, 9.17) is 0 Å². The molecule has 22 heavy (non-hydrogen) atoms. The second-order valence-corrected chi connectivity index (χ2v) is 5.93. The Morgan fingerprint density at radius 2 is 1.95 bits per heavy atom. The minimum Gasteiger partial charge on any atom is -0.396 e. The first-order chi connectivity index (χ1) is 10.8. The summed E-state index contributed by atoms with van der Waals surface area (Å²) in [6.45, 7) is 2.21. The molecule has 1 aliphatic rings. The summed E-state index contributed by atoms with van der Waals surface area (Å²) in [4.78, 5) is 13.2. The number of hydrogen-bond donors (Lipinski definition) is 2. The lowest BCUT2D eigenvalue weighted by Crippen LogP contribution is -2.34. The van der Waals surface area contributed by atoms with Crippen LogP contribution in [0.4, 0.5) is 5.82 Å². The summed E-state index contributed by atoms with van der Waals surface area (Å²) in [5.41, 5.74) is 1.89. The summed E-state index contributed by atoms with van der Waals surface area (Å²) in [5.74, 6) is 1.86. The van der Waals surface area contributed by atoms with Gasteiger partial charge in [0.05, 0.1) is 0 Å². The predicted octanol–water partition coefficient (Wildman–Crippen LogP) is 2.81. The Kier molecular flexibility index (Phi) is 4.63. The topological polar surface area (TPSA) is 70.9 Å². The maximum absolute atomic E-state index is 9.55. The molecule has 116 valence electrons. The van der Waals surface area contributed by atoms with Crippen molar-refractivity contribution >= 4 is 5.82 Å². The molecule has 0 spiro atoms. The predicted molar refractivity (Wildman–Crippen MR) is 86.5 cm³/mol. The summed E-state index contributed by atoms with van der Waals surface area (Å²) in [7, 11) is 0. The molecule has 0 unspecified atom stereocenters. The van der Waals surface area contributed by atoms with Crippen molar-refractivity contribution < 1.29 is 5.11 Å². The SMILES string of the molecule is Cc1cc(N[C@H]2CCCC[C@@H]2CO)nc(-c2ccncc2)n1. The minimum atomic E-state index is 0.235. The molecule has 5 heteroatoms. The van der Waals surface area contributed by atoms with E-state index < -0.39 is 0 Å². The van der Waals surface area contributed by atoms with Crippen LogP contribution in [0.2, 0.25) is 0 Å². The number of nitrogens with zero attached hydrogens (tertiary/aromatic N) is 3. The molecule has 2 heterocycles. The zero-order valence-electron chi connectivity index (χ0n) is 12.9. The van der Waals surface area contributed by atoms with Gasteiger partial charge in [0.1, 0.15) is 5.82 Å². The van der Waals surface area contributed by atoms with E-state index in [1.165, 1.54) is 12.8 Å². The number of anilines is 1. The molecule has 1 saturated carbocycles. The third kappa shape index (κ3) is 3.42. The van der Waals surface area contributed by atoms with Crippen molar-refractivity contribution in [1.82, 2.24) is 15.0 Å². The van der Waals surface area contributed by atoms with Crippen LogP contribution in [0.25, 0.3) is 11.4 Å². The van der Waals surface area contributed by atoms with Crippen LogP contribution in [0.15, 0.2) is 30.6 Å². The van der Waals surface area contributed by atoms with Crippen LogP contribution in [-0.4, -0.2) is 32.7 Å². The van der Waals surface area contributed by atoms with Crippen LogP contribution in [0, 0.1) is 12.8 Å². The Balaban J connectivity index is 1.83. The van der Waals surface area contributed by atoms with Crippen LogP contribution in [0.5, 0.6) is 0 Å². The summed E-state index contributed by atoms with van der Waals surface area (Å²) in [6.07, 6.45) is 8.06. The van der Waals surface area contributed by atoms with E-state index in [2.05, 4.69) is 20.3 Å². The third-order valence-electron chi connectivity index (χ3n) is 4.27. The molecule has 0 aromatic carbocycles. The van der Waals surface area contributed by atoms with E-state index in [0.717, 1.165) is 29.9 Å². The summed E-state index contributed by atoms with van der Waals surface area (Å²) >= 11 is 0. The van der Waals surface area contributed by atoms with Crippen molar-refractivity contribution in [1.29, 1.82) is 0 Å². The van der Waals surface area contributed by atoms with Crippen molar-refractivity contribution in [3.8, 4) is 11.4 Å². The number of aryl methyl sites for hydroxylation is 1. The van der Waals surface area contributed by atoms with Gasteiger partial charge in [0.15, 0.2) is 5.82 Å². The molecule has 0 aliphatic heterocycles. The van der Waals surface area contributed by atoms with Crippen LogP contribution in [0.1, 0.15) is 31.4 Å². The van der Waals surface area contributed by atoms with E-state index >= 15 is 0 Å². The molecule has 2 atom stereocenters. The van der Waals surface area contributed by atoms with Crippen molar-refractivity contribution in [3.05, 3.63) is 36.3 Å². The van der Waals surface area contributed by atoms with E-state index in [-0.39, 0.29) is 6.61 Å². The van der Waals surface area contributed by atoms with Crippen LogP contribution in [0.3, 0.4) is 0 Å². The quantitative estimate of drug-likeness (QED) is 0.908. The molecule has 2 N–H and O–H groups in total. The normalized spacial score (nSPS) is 21.5. The summed E-state index contributed by atoms with van der Waals surface area (Å²) in [5, 5.41) is 13.1. The molecule has 0 saturated heterocycles. The van der Waals surface area contributed by atoms with Crippen molar-refractivity contribution in [2.45, 2.75) is 38.6 Å². The smallest absolute Gasteiger partial charge is 0.161 e. The second kappa shape index (κ2) is 6.83. The highest BCUT2D eigenvalue weighted by Gasteiger charge is 2.24. The lowest BCUT2D eigenvalue weighted by atomic mass is 9.85. The number of hydrogen-bond acceptors (Lipinski definition) is 5. The Morgan fingerprint density at radius 3 is 2.73 bits per heavy atom. The van der Waals surface area contributed by atoms with E-state index in [9.17, 15) is 5.11 Å². The second-order valence-electron chi connectivity index (χ2n) is 5.93. The first-order valence-electron chi connectivity index (χ1n) is 7.90. The van der Waals surface area contributed by atoms with Gasteiger partial charge in [-0.15, -0.1) is 0 Å². The Labute approximate surface area is 130 Å². The Bertz CT molecular complexity index is 617. The number of rotatable bonds is 4. The number of aromatic nitrogens is 3. The van der Waals surface area contributed by atoms with Crippen LogP contribution in [-0.2, 0) is 0 Å². The van der Waals surface area contributed by atoms with Gasteiger partial charge < -0.3 is 10.4 Å². The van der Waals surface area contributed by atoms with E-state index in [1.807, 2.05) is 25.1 Å². The van der Waals surface area contributed by atoms with Gasteiger partial charge in [-0.1, -0.05) is 12.8 Å². The van der Waals surface area contributed by atoms with E-state index in [0.29, 0.717) is 17.8 Å². The molecule has 1 aliphatic carbocycles. The highest BCUT2D eigenvalue weighted by Crippen LogP contribution is 2.27. The number of nitrogens with one attached hydrogen (secondary N) is 1. The highest BCUT2D eigenvalue weighted by atomic mass is 16.3. The molecule has 0 bridgehead atoms. The van der Waals surface area contributed by atoms with Gasteiger partial charge in [-0.25, -0.2) is 9.97 Å². The van der Waals surface area contributed by atoms with Gasteiger partial charge in [-0.2, -0.15) is 0 Å². The number of pyridine rings is 1. The summed E-state index contributed by atoms with van der Waals surface area (Å²) < 4.78 is 0. The van der Waals surface area contributed by atoms with Gasteiger partial charge in [-0.3, -0.25) is 4.98 Å². The zero-order chi connectivity index (χ0) is 15.4. The van der Waals surface area contributed by atoms with Crippen molar-refractivity contribution in [2.75, 3.05) is 11.9 Å². The molecule has 0 radical (unpaired) electrons. The van der Waals surface area contributed by atoms with Crippen molar-refractivity contribution in [3.63, 3.8) is 0 Å². The minimum absolute atomic E-state index is 0.235. The monoisotopic (exact) mass is 298 g/mol. The fraction of sp³-hybridized carbons (Fsp3) is 0.471. The average Bonchev–Trinajstić information content (AvgIpc) is 2.56. The largest absolute Gasteiger partial charge is 0.396 e. The van der Waals surface area contributed by atoms with Gasteiger partial charge in [-0.05, 0) is 31.9 Å². The molecule has 3 rings (SSSR count). The average molecular weight is 298 g/mol. The molecule has 1 fully saturated rings. The standard InChI is InChI=1S/C17H22N4O/c1-12-10-16(20-15-5-3-2-4-14(15)11-22)21-17(19-12)13-6-8-18-9-7-13/h6-10,14-15,22H,2-5,11H2,1H3,(H,19,20,21)/t14-,15+/m1/s1. The highest BCUT2D eigenvalue weighted by molar-refractivity contribution is 5.56. The van der Waals surface area contributed by atoms with Gasteiger partial charge in [0.2, 0.25) is 0 Å². The number of aliphatic hydroxyl groups excluding tert-OH is 1. The zero-order valence-corrected chi connectivity index (χ0v) is 12.9. The first kappa shape index (κ1) is 14.9. The lowest BCUT2D eigenvalue weighted by Gasteiger charge is -2.31. The molecule has 2 aromatic rings. The molecule has 2 aromatic heterocycles. The molecule has 0 amide bonds. The first-order valence-corrected chi connectivity index (χ1v) is 7.90. The molecule has 5 nitrogen and oxygen atoms in total.